The van der Waals surface area contributed by atoms with Gasteiger partial charge in [-0.05, 0) is 29.2 Å². The summed E-state index contributed by atoms with van der Waals surface area (Å²) >= 11 is 0. The van der Waals surface area contributed by atoms with Crippen LogP contribution in [0.15, 0.2) is 53.5 Å². The van der Waals surface area contributed by atoms with Crippen LogP contribution in [-0.2, 0) is 17.9 Å². The Balaban J connectivity index is 1.72. The monoisotopic (exact) mass is 385 g/mol. The summed E-state index contributed by atoms with van der Waals surface area (Å²) in [5.74, 6) is 2.56. The van der Waals surface area contributed by atoms with Crippen molar-refractivity contribution >= 4 is 5.96 Å². The van der Waals surface area contributed by atoms with Crippen molar-refractivity contribution in [1.29, 1.82) is 0 Å². The van der Waals surface area contributed by atoms with Crippen molar-refractivity contribution in [3.05, 3.63) is 59.7 Å². The van der Waals surface area contributed by atoms with E-state index in [9.17, 15) is 0 Å². The van der Waals surface area contributed by atoms with Gasteiger partial charge in [-0.25, -0.2) is 0 Å². The number of aliphatic imine (C=N–C) groups is 1. The van der Waals surface area contributed by atoms with E-state index in [0.29, 0.717) is 31.4 Å². The number of hydrogen-bond acceptors (Lipinski definition) is 4. The van der Waals surface area contributed by atoms with Crippen LogP contribution in [-0.4, -0.2) is 40.4 Å². The Labute approximate surface area is 167 Å². The summed E-state index contributed by atoms with van der Waals surface area (Å²) in [6.45, 7) is 4.89. The van der Waals surface area contributed by atoms with E-state index < -0.39 is 0 Å². The second kappa shape index (κ2) is 11.9. The molecular weight excluding hydrogens is 354 g/mol. The Morgan fingerprint density at radius 3 is 2.39 bits per heavy atom. The van der Waals surface area contributed by atoms with Crippen LogP contribution in [0.25, 0.3) is 0 Å². The molecule has 0 aliphatic rings. The standard InChI is InChI=1S/C22H31N3O3/c1-17(15-28-16-18-8-6-5-7-9-18)13-24-22(23-2)25-14-19-10-11-20(26-3)21(12-19)27-4/h5-12,17H,13-16H2,1-4H3,(H2,23,24,25). The van der Waals surface area contributed by atoms with Crippen molar-refractivity contribution < 1.29 is 14.2 Å². The molecule has 28 heavy (non-hydrogen) atoms. The van der Waals surface area contributed by atoms with Gasteiger partial charge in [0, 0.05) is 20.1 Å². The molecule has 0 bridgehead atoms. The van der Waals surface area contributed by atoms with E-state index in [1.54, 1.807) is 21.3 Å². The first-order valence-corrected chi connectivity index (χ1v) is 9.43. The fourth-order valence-corrected chi connectivity index (χ4v) is 2.68. The van der Waals surface area contributed by atoms with E-state index in [0.717, 1.165) is 23.8 Å². The molecule has 6 heteroatoms. The number of nitrogens with one attached hydrogen (secondary N) is 2. The summed E-state index contributed by atoms with van der Waals surface area (Å²) < 4.78 is 16.4. The molecule has 0 saturated carbocycles. The predicted molar refractivity (Wildman–Crippen MR) is 113 cm³/mol. The zero-order valence-electron chi connectivity index (χ0n) is 17.2. The van der Waals surface area contributed by atoms with Gasteiger partial charge < -0.3 is 24.8 Å². The largest absolute Gasteiger partial charge is 0.493 e. The maximum Gasteiger partial charge on any atom is 0.191 e. The molecule has 0 heterocycles. The predicted octanol–water partition coefficient (Wildman–Crippen LogP) is 3.22. The molecule has 0 aromatic heterocycles. The number of nitrogens with zero attached hydrogens (tertiary/aromatic N) is 1. The molecule has 1 atom stereocenters. The Bertz CT molecular complexity index is 735. The van der Waals surface area contributed by atoms with Crippen LogP contribution >= 0.6 is 0 Å². The fraction of sp³-hybridized carbons (Fsp3) is 0.409. The first-order valence-electron chi connectivity index (χ1n) is 9.43. The Kier molecular flexibility index (Phi) is 9.15. The van der Waals surface area contributed by atoms with E-state index in [1.807, 2.05) is 36.4 Å². The maximum absolute atomic E-state index is 5.80. The van der Waals surface area contributed by atoms with E-state index in [4.69, 9.17) is 14.2 Å². The molecule has 1 unspecified atom stereocenters. The number of guanidine groups is 1. The van der Waals surface area contributed by atoms with Gasteiger partial charge in [0.05, 0.1) is 27.4 Å². The second-order valence-electron chi connectivity index (χ2n) is 6.60. The Morgan fingerprint density at radius 1 is 0.964 bits per heavy atom. The molecule has 2 rings (SSSR count). The third-order valence-corrected chi connectivity index (χ3v) is 4.26. The molecule has 0 fully saturated rings. The average Bonchev–Trinajstić information content (AvgIpc) is 2.74. The third-order valence-electron chi connectivity index (χ3n) is 4.26. The number of hydrogen-bond donors (Lipinski definition) is 2. The fourth-order valence-electron chi connectivity index (χ4n) is 2.68. The molecule has 2 aromatic carbocycles. The summed E-state index contributed by atoms with van der Waals surface area (Å²) in [4.78, 5) is 4.28. The van der Waals surface area contributed by atoms with Crippen LogP contribution in [0.2, 0.25) is 0 Å². The minimum Gasteiger partial charge on any atom is -0.493 e. The van der Waals surface area contributed by atoms with E-state index in [2.05, 4.69) is 34.7 Å². The lowest BCUT2D eigenvalue weighted by Crippen LogP contribution is -2.39. The van der Waals surface area contributed by atoms with Crippen LogP contribution in [0.3, 0.4) is 0 Å². The van der Waals surface area contributed by atoms with Crippen molar-refractivity contribution in [1.82, 2.24) is 10.6 Å². The number of rotatable bonds is 10. The summed E-state index contributed by atoms with van der Waals surface area (Å²) in [5, 5.41) is 6.66. The van der Waals surface area contributed by atoms with Gasteiger partial charge in [0.25, 0.3) is 0 Å². The van der Waals surface area contributed by atoms with Crippen LogP contribution in [0.5, 0.6) is 11.5 Å². The zero-order chi connectivity index (χ0) is 20.2. The van der Waals surface area contributed by atoms with Crippen molar-refractivity contribution in [2.45, 2.75) is 20.1 Å². The molecule has 0 saturated heterocycles. The number of methoxy groups -OCH3 is 2. The molecule has 0 radical (unpaired) electrons. The molecule has 6 nitrogen and oxygen atoms in total. The minimum atomic E-state index is 0.364. The SMILES string of the molecule is CN=C(NCc1ccc(OC)c(OC)c1)NCC(C)COCc1ccccc1. The lowest BCUT2D eigenvalue weighted by molar-refractivity contribution is 0.0931. The topological polar surface area (TPSA) is 64.1 Å². The summed E-state index contributed by atoms with van der Waals surface area (Å²) in [7, 11) is 5.03. The van der Waals surface area contributed by atoms with Crippen LogP contribution in [0.4, 0.5) is 0 Å². The number of benzene rings is 2. The van der Waals surface area contributed by atoms with Gasteiger partial charge in [0.1, 0.15) is 0 Å². The van der Waals surface area contributed by atoms with E-state index in [-0.39, 0.29) is 0 Å². The van der Waals surface area contributed by atoms with E-state index in [1.165, 1.54) is 5.56 Å². The molecule has 0 spiro atoms. The first kappa shape index (κ1) is 21.6. The Hall–Kier alpha value is -2.73. The van der Waals surface area contributed by atoms with Gasteiger partial charge in [-0.1, -0.05) is 43.3 Å². The summed E-state index contributed by atoms with van der Waals surface area (Å²) in [5.41, 5.74) is 2.27. The first-order chi connectivity index (χ1) is 13.7. The van der Waals surface area contributed by atoms with Gasteiger partial charge in [0.2, 0.25) is 0 Å². The van der Waals surface area contributed by atoms with Gasteiger partial charge >= 0.3 is 0 Å². The normalized spacial score (nSPS) is 12.4. The van der Waals surface area contributed by atoms with Crippen molar-refractivity contribution in [3.8, 4) is 11.5 Å². The lowest BCUT2D eigenvalue weighted by atomic mass is 10.2. The quantitative estimate of drug-likeness (QED) is 0.486. The minimum absolute atomic E-state index is 0.364. The molecule has 2 N–H and O–H groups in total. The molecular formula is C22H31N3O3. The molecule has 0 aliphatic heterocycles. The van der Waals surface area contributed by atoms with Crippen LogP contribution < -0.4 is 20.1 Å². The van der Waals surface area contributed by atoms with E-state index >= 15 is 0 Å². The van der Waals surface area contributed by atoms with Crippen molar-refractivity contribution in [3.63, 3.8) is 0 Å². The maximum atomic E-state index is 5.80. The third kappa shape index (κ3) is 7.12. The Morgan fingerprint density at radius 2 is 1.71 bits per heavy atom. The van der Waals surface area contributed by atoms with Crippen molar-refractivity contribution in [2.75, 3.05) is 34.4 Å². The van der Waals surface area contributed by atoms with Crippen molar-refractivity contribution in [2.24, 2.45) is 10.9 Å². The highest BCUT2D eigenvalue weighted by atomic mass is 16.5. The molecule has 152 valence electrons. The van der Waals surface area contributed by atoms with Crippen LogP contribution in [0.1, 0.15) is 18.1 Å². The molecule has 0 aliphatic carbocycles. The second-order valence-corrected chi connectivity index (χ2v) is 6.60. The van der Waals surface area contributed by atoms with Gasteiger partial charge in [-0.2, -0.15) is 0 Å². The smallest absolute Gasteiger partial charge is 0.191 e. The highest BCUT2D eigenvalue weighted by Gasteiger charge is 2.07. The zero-order valence-corrected chi connectivity index (χ0v) is 17.2. The average molecular weight is 386 g/mol. The number of ether oxygens (including phenoxy) is 3. The summed E-state index contributed by atoms with van der Waals surface area (Å²) in [6.07, 6.45) is 0. The highest BCUT2D eigenvalue weighted by Crippen LogP contribution is 2.27. The highest BCUT2D eigenvalue weighted by molar-refractivity contribution is 5.79. The lowest BCUT2D eigenvalue weighted by Gasteiger charge is -2.17. The van der Waals surface area contributed by atoms with Gasteiger partial charge in [-0.3, -0.25) is 4.99 Å². The van der Waals surface area contributed by atoms with Crippen LogP contribution in [0, 0.1) is 5.92 Å². The van der Waals surface area contributed by atoms with Gasteiger partial charge in [0.15, 0.2) is 17.5 Å². The molecule has 2 aromatic rings. The van der Waals surface area contributed by atoms with Gasteiger partial charge in [-0.15, -0.1) is 0 Å². The molecule has 0 amide bonds. The summed E-state index contributed by atoms with van der Waals surface area (Å²) in [6, 6.07) is 16.1.